The lowest BCUT2D eigenvalue weighted by Crippen LogP contribution is -2.72. The normalized spacial score (nSPS) is 16.7. The van der Waals surface area contributed by atoms with Crippen LogP contribution in [-0.2, 0) is 0 Å². The second-order valence-corrected chi connectivity index (χ2v) is 4.56. The molecule has 0 rings (SSSR count). The van der Waals surface area contributed by atoms with Crippen molar-refractivity contribution in [3.05, 3.63) is 10.4 Å². The van der Waals surface area contributed by atoms with Crippen LogP contribution in [0.1, 0.15) is 0 Å². The van der Waals surface area contributed by atoms with Crippen LogP contribution in [0.4, 0.5) is 70.2 Å². The van der Waals surface area contributed by atoms with Gasteiger partial charge < -0.3 is 0 Å². The van der Waals surface area contributed by atoms with Gasteiger partial charge in [-0.05, 0) is 10.6 Å². The Morgan fingerprint density at radius 2 is 0.926 bits per heavy atom. The molecule has 0 N–H and O–H groups in total. The van der Waals surface area contributed by atoms with E-state index in [0.29, 0.717) is 0 Å². The fraction of sp³-hybridized carbons (Fsp3) is 1.00. The summed E-state index contributed by atoms with van der Waals surface area (Å²) < 4.78 is 202. The highest BCUT2D eigenvalue weighted by atomic mass is 19.4. The van der Waals surface area contributed by atoms with Gasteiger partial charge in [0.15, 0.2) is 0 Å². The maximum atomic E-state index is 13.0. The van der Waals surface area contributed by atoms with Crippen molar-refractivity contribution in [3.63, 3.8) is 0 Å². The summed E-state index contributed by atoms with van der Waals surface area (Å²) in [5.74, 6) is -40.9. The smallest absolute Gasteiger partial charge is 0.234 e. The highest BCUT2D eigenvalue weighted by molar-refractivity contribution is 5.12. The quantitative estimate of drug-likeness (QED) is 0.153. The molecule has 0 radical (unpaired) electrons. The van der Waals surface area contributed by atoms with Gasteiger partial charge in [-0.3, -0.25) is 0 Å². The Labute approximate surface area is 135 Å². The Morgan fingerprint density at radius 1 is 0.593 bits per heavy atom. The Hall–Kier alpha value is -1.81. The molecule has 0 aromatic carbocycles. The van der Waals surface area contributed by atoms with E-state index in [9.17, 15) is 70.2 Å². The molecular formula is C8HF16N3. The molecule has 27 heavy (non-hydrogen) atoms. The number of azide groups is 1. The first kappa shape index (κ1) is 25.2. The minimum Gasteiger partial charge on any atom is -0.234 e. The van der Waals surface area contributed by atoms with Gasteiger partial charge in [-0.25, -0.2) is 4.39 Å². The fourth-order valence-electron chi connectivity index (χ4n) is 1.27. The monoisotopic (exact) mass is 443 g/mol. The van der Waals surface area contributed by atoms with Crippen molar-refractivity contribution in [3.8, 4) is 0 Å². The molecule has 3 nitrogen and oxygen atoms in total. The maximum Gasteiger partial charge on any atom is 0.460 e. The molecule has 0 saturated heterocycles. The predicted octanol–water partition coefficient (Wildman–Crippen LogP) is 5.97. The van der Waals surface area contributed by atoms with E-state index in [1.807, 2.05) is 0 Å². The van der Waals surface area contributed by atoms with Crippen LogP contribution in [-0.4, -0.2) is 48.0 Å². The van der Waals surface area contributed by atoms with Gasteiger partial charge in [0, 0.05) is 4.91 Å². The van der Waals surface area contributed by atoms with Gasteiger partial charge in [-0.2, -0.15) is 65.9 Å². The molecule has 1 atom stereocenters. The third kappa shape index (κ3) is 3.40. The fourth-order valence-corrected chi connectivity index (χ4v) is 1.27. The molecule has 0 amide bonds. The lowest BCUT2D eigenvalue weighted by Gasteiger charge is -2.40. The van der Waals surface area contributed by atoms with Crippen molar-refractivity contribution in [1.82, 2.24) is 0 Å². The number of alkyl halides is 16. The summed E-state index contributed by atoms with van der Waals surface area (Å²) in [4.78, 5) is 0.959. The summed E-state index contributed by atoms with van der Waals surface area (Å²) in [6.45, 7) is 0. The zero-order valence-electron chi connectivity index (χ0n) is 11.5. The summed E-state index contributed by atoms with van der Waals surface area (Å²) in [6.07, 6.45) is -13.7. The highest BCUT2D eigenvalue weighted by Gasteiger charge is 2.92. The third-order valence-corrected chi connectivity index (χ3v) is 2.76. The standard InChI is InChI=1S/C8HF16N3/c9-1(3(12,13)26-27-25)2(10,11)4(14,15)5(16,17)6(18,19)7(20,21)8(22,23)24/h1H. The van der Waals surface area contributed by atoms with E-state index in [-0.39, 0.29) is 0 Å². The zero-order valence-corrected chi connectivity index (χ0v) is 11.5. The Bertz CT molecular complexity index is 599. The molecule has 0 spiro atoms. The summed E-state index contributed by atoms with van der Waals surface area (Å²) in [6, 6.07) is -6.32. The van der Waals surface area contributed by atoms with Crippen LogP contribution in [0.5, 0.6) is 0 Å². The van der Waals surface area contributed by atoms with E-state index in [4.69, 9.17) is 5.53 Å². The van der Waals surface area contributed by atoms with Gasteiger partial charge >= 0.3 is 41.8 Å². The van der Waals surface area contributed by atoms with Crippen LogP contribution in [0.25, 0.3) is 10.4 Å². The molecule has 0 aromatic rings. The average Bonchev–Trinajstić information content (AvgIpc) is 2.44. The summed E-state index contributed by atoms with van der Waals surface area (Å²) >= 11 is 0. The van der Waals surface area contributed by atoms with Crippen LogP contribution in [0.2, 0.25) is 0 Å². The number of rotatable bonds is 7. The molecule has 0 fully saturated rings. The van der Waals surface area contributed by atoms with Crippen LogP contribution in [0, 0.1) is 0 Å². The molecule has 19 heteroatoms. The van der Waals surface area contributed by atoms with Gasteiger partial charge in [0.2, 0.25) is 6.17 Å². The van der Waals surface area contributed by atoms with E-state index < -0.39 is 48.0 Å². The zero-order chi connectivity index (χ0) is 22.5. The maximum absolute atomic E-state index is 13.0. The van der Waals surface area contributed by atoms with E-state index in [1.54, 1.807) is 0 Å². The molecule has 160 valence electrons. The molecular weight excluding hydrogens is 442 g/mol. The second kappa shape index (κ2) is 6.37. The molecule has 0 heterocycles. The molecule has 0 saturated carbocycles. The minimum absolute atomic E-state index is 0.867. The highest BCUT2D eigenvalue weighted by Crippen LogP contribution is 2.61. The van der Waals surface area contributed by atoms with E-state index in [2.05, 4.69) is 0 Å². The number of hydrogen-bond acceptors (Lipinski definition) is 1. The van der Waals surface area contributed by atoms with Crippen molar-refractivity contribution >= 4 is 0 Å². The van der Waals surface area contributed by atoms with Crippen LogP contribution in [0.3, 0.4) is 0 Å². The van der Waals surface area contributed by atoms with E-state index >= 15 is 0 Å². The first-order valence-electron chi connectivity index (χ1n) is 5.50. The van der Waals surface area contributed by atoms with E-state index in [1.165, 1.54) is 0 Å². The van der Waals surface area contributed by atoms with Gasteiger partial charge in [0.1, 0.15) is 0 Å². The van der Waals surface area contributed by atoms with Crippen molar-refractivity contribution in [2.24, 2.45) is 5.11 Å². The molecule has 0 bridgehead atoms. The van der Waals surface area contributed by atoms with Crippen molar-refractivity contribution in [2.45, 2.75) is 48.0 Å². The van der Waals surface area contributed by atoms with Gasteiger partial charge in [-0.15, -0.1) is 0 Å². The second-order valence-electron chi connectivity index (χ2n) is 4.56. The first-order chi connectivity index (χ1) is 11.5. The van der Waals surface area contributed by atoms with Crippen LogP contribution < -0.4 is 0 Å². The van der Waals surface area contributed by atoms with Gasteiger partial charge in [0.25, 0.3) is 0 Å². The molecule has 0 aliphatic rings. The SMILES string of the molecule is [N-]=[N+]=NC(F)(F)C(F)C(F)(F)C(F)(F)C(F)(F)C(F)(F)C(F)(F)C(F)(F)F. The number of nitrogens with zero attached hydrogens (tertiary/aromatic N) is 3. The average molecular weight is 443 g/mol. The Morgan fingerprint density at radius 3 is 1.22 bits per heavy atom. The first-order valence-corrected chi connectivity index (χ1v) is 5.50. The molecule has 0 aliphatic carbocycles. The Balaban J connectivity index is 6.51. The topological polar surface area (TPSA) is 48.8 Å². The predicted molar refractivity (Wildman–Crippen MR) is 49.8 cm³/mol. The van der Waals surface area contributed by atoms with Crippen molar-refractivity contribution < 1.29 is 70.2 Å². The van der Waals surface area contributed by atoms with Crippen molar-refractivity contribution in [1.29, 1.82) is 0 Å². The summed E-state index contributed by atoms with van der Waals surface area (Å²) in [5, 5.41) is 0.867. The third-order valence-electron chi connectivity index (χ3n) is 2.76. The lowest BCUT2D eigenvalue weighted by atomic mass is 9.91. The van der Waals surface area contributed by atoms with Gasteiger partial charge in [-0.1, -0.05) is 0 Å². The largest absolute Gasteiger partial charge is 0.460 e. The van der Waals surface area contributed by atoms with Crippen LogP contribution >= 0.6 is 0 Å². The minimum atomic E-state index is -8.43. The number of hydrogen-bond donors (Lipinski definition) is 0. The number of halogens is 16. The molecule has 0 aromatic heterocycles. The summed E-state index contributed by atoms with van der Waals surface area (Å²) in [5.41, 5.74) is 7.49. The van der Waals surface area contributed by atoms with Crippen LogP contribution in [0.15, 0.2) is 5.11 Å². The van der Waals surface area contributed by atoms with Crippen molar-refractivity contribution in [2.75, 3.05) is 0 Å². The molecule has 0 aliphatic heterocycles. The van der Waals surface area contributed by atoms with E-state index in [0.717, 1.165) is 10.0 Å². The lowest BCUT2D eigenvalue weighted by molar-refractivity contribution is -0.445. The molecule has 1 unspecified atom stereocenters. The summed E-state index contributed by atoms with van der Waals surface area (Å²) in [7, 11) is 0. The Kier molecular flexibility index (Phi) is 5.94. The van der Waals surface area contributed by atoms with Gasteiger partial charge in [0.05, 0.1) is 0 Å².